The predicted molar refractivity (Wildman–Crippen MR) is 136 cm³/mol. The van der Waals surface area contributed by atoms with Gasteiger partial charge in [0.05, 0.1) is 11.4 Å². The number of hydrogen-bond acceptors (Lipinski definition) is 5. The van der Waals surface area contributed by atoms with Gasteiger partial charge in [-0.3, -0.25) is 14.4 Å². The summed E-state index contributed by atoms with van der Waals surface area (Å²) < 4.78 is 0. The lowest BCUT2D eigenvalue weighted by atomic mass is 10.1. The SMILES string of the molecule is O=C(Nc1cc(C(=O)N2CCNCC2)ccc1N1CCCN(C(=O)C2CC2)CC1)c1ccccc1. The standard InChI is InChI=1S/C27H33N5O3/c33-25(20-5-2-1-3-6-20)29-23-19-22(27(35)32-15-11-28-12-16-32)9-10-24(23)30-13-4-14-31(18-17-30)26(34)21-7-8-21/h1-3,5-6,9-10,19,21,28H,4,7-8,11-18H2,(H,29,33). The Bertz CT molecular complexity index is 1080. The molecule has 184 valence electrons. The molecular formula is C27H33N5O3. The minimum absolute atomic E-state index is 0.0228. The van der Waals surface area contributed by atoms with Gasteiger partial charge in [-0.2, -0.15) is 0 Å². The van der Waals surface area contributed by atoms with E-state index in [2.05, 4.69) is 15.5 Å². The third-order valence-corrected chi connectivity index (χ3v) is 7.01. The van der Waals surface area contributed by atoms with Gasteiger partial charge in [-0.1, -0.05) is 18.2 Å². The molecule has 2 saturated heterocycles. The molecule has 0 radical (unpaired) electrons. The summed E-state index contributed by atoms with van der Waals surface area (Å²) in [6.07, 6.45) is 2.89. The second-order valence-electron chi connectivity index (χ2n) is 9.53. The van der Waals surface area contributed by atoms with Crippen LogP contribution in [0.25, 0.3) is 0 Å². The fourth-order valence-electron chi connectivity index (χ4n) is 4.85. The zero-order valence-corrected chi connectivity index (χ0v) is 20.0. The Balaban J connectivity index is 1.39. The molecule has 2 heterocycles. The Labute approximate surface area is 206 Å². The number of rotatable bonds is 5. The first-order valence-corrected chi connectivity index (χ1v) is 12.6. The second kappa shape index (κ2) is 10.5. The van der Waals surface area contributed by atoms with Crippen LogP contribution in [-0.2, 0) is 4.79 Å². The van der Waals surface area contributed by atoms with E-state index < -0.39 is 0 Å². The molecule has 2 aromatic carbocycles. The average molecular weight is 476 g/mol. The van der Waals surface area contributed by atoms with Gasteiger partial charge in [0, 0.05) is 69.4 Å². The van der Waals surface area contributed by atoms with Crippen molar-refractivity contribution in [3.8, 4) is 0 Å². The first-order chi connectivity index (χ1) is 17.1. The molecule has 5 rings (SSSR count). The van der Waals surface area contributed by atoms with Crippen LogP contribution < -0.4 is 15.5 Å². The topological polar surface area (TPSA) is 85.0 Å². The highest BCUT2D eigenvalue weighted by Gasteiger charge is 2.34. The van der Waals surface area contributed by atoms with Crippen LogP contribution in [0.3, 0.4) is 0 Å². The van der Waals surface area contributed by atoms with Crippen LogP contribution in [0.2, 0.25) is 0 Å². The normalized spacial score (nSPS) is 18.7. The van der Waals surface area contributed by atoms with Crippen molar-refractivity contribution in [1.82, 2.24) is 15.1 Å². The second-order valence-corrected chi connectivity index (χ2v) is 9.53. The number of anilines is 2. The van der Waals surface area contributed by atoms with Gasteiger partial charge in [0.2, 0.25) is 5.91 Å². The summed E-state index contributed by atoms with van der Waals surface area (Å²) in [4.78, 5) is 44.9. The van der Waals surface area contributed by atoms with Crippen molar-refractivity contribution in [3.05, 3.63) is 59.7 Å². The van der Waals surface area contributed by atoms with Gasteiger partial charge in [-0.15, -0.1) is 0 Å². The van der Waals surface area contributed by atoms with Crippen molar-refractivity contribution in [2.24, 2.45) is 5.92 Å². The van der Waals surface area contributed by atoms with Crippen LogP contribution in [0.5, 0.6) is 0 Å². The smallest absolute Gasteiger partial charge is 0.255 e. The van der Waals surface area contributed by atoms with Crippen LogP contribution in [0.4, 0.5) is 11.4 Å². The molecule has 0 atom stereocenters. The first kappa shape index (κ1) is 23.4. The molecular weight excluding hydrogens is 442 g/mol. The molecule has 2 aliphatic heterocycles. The van der Waals surface area contributed by atoms with Gasteiger partial charge in [-0.25, -0.2) is 0 Å². The maximum absolute atomic E-state index is 13.2. The zero-order valence-electron chi connectivity index (χ0n) is 20.0. The van der Waals surface area contributed by atoms with E-state index >= 15 is 0 Å². The monoisotopic (exact) mass is 475 g/mol. The Morgan fingerprint density at radius 1 is 0.800 bits per heavy atom. The molecule has 2 N–H and O–H groups in total. The zero-order chi connectivity index (χ0) is 24.2. The minimum Gasteiger partial charge on any atom is -0.368 e. The van der Waals surface area contributed by atoms with Crippen molar-refractivity contribution in [1.29, 1.82) is 0 Å². The van der Waals surface area contributed by atoms with Gasteiger partial charge in [0.15, 0.2) is 0 Å². The van der Waals surface area contributed by atoms with E-state index in [0.717, 1.165) is 51.1 Å². The Morgan fingerprint density at radius 3 is 2.31 bits per heavy atom. The lowest BCUT2D eigenvalue weighted by Gasteiger charge is -2.29. The summed E-state index contributed by atoms with van der Waals surface area (Å²) in [5.74, 6) is 0.267. The van der Waals surface area contributed by atoms with E-state index in [1.54, 1.807) is 18.2 Å². The summed E-state index contributed by atoms with van der Waals surface area (Å²) in [7, 11) is 0. The highest BCUT2D eigenvalue weighted by atomic mass is 16.2. The van der Waals surface area contributed by atoms with Crippen LogP contribution in [0.1, 0.15) is 40.0 Å². The van der Waals surface area contributed by atoms with Crippen molar-refractivity contribution < 1.29 is 14.4 Å². The molecule has 8 nitrogen and oxygen atoms in total. The molecule has 0 aromatic heterocycles. The Hall–Kier alpha value is -3.39. The number of amides is 3. The maximum atomic E-state index is 13.2. The minimum atomic E-state index is -0.209. The lowest BCUT2D eigenvalue weighted by molar-refractivity contribution is -0.132. The third kappa shape index (κ3) is 5.48. The highest BCUT2D eigenvalue weighted by Crippen LogP contribution is 2.33. The number of nitrogens with zero attached hydrogens (tertiary/aromatic N) is 3. The molecule has 3 fully saturated rings. The van der Waals surface area contributed by atoms with Crippen molar-refractivity contribution in [3.63, 3.8) is 0 Å². The first-order valence-electron chi connectivity index (χ1n) is 12.6. The van der Waals surface area contributed by atoms with Crippen molar-refractivity contribution in [2.75, 3.05) is 62.6 Å². The van der Waals surface area contributed by atoms with Crippen LogP contribution >= 0.6 is 0 Å². The van der Waals surface area contributed by atoms with Crippen LogP contribution in [-0.4, -0.2) is 79.9 Å². The summed E-state index contributed by atoms with van der Waals surface area (Å²) in [6.45, 7) is 5.81. The van der Waals surface area contributed by atoms with E-state index in [4.69, 9.17) is 0 Å². The maximum Gasteiger partial charge on any atom is 0.255 e. The van der Waals surface area contributed by atoms with E-state index in [0.29, 0.717) is 43.0 Å². The molecule has 0 unspecified atom stereocenters. The molecule has 1 aliphatic carbocycles. The van der Waals surface area contributed by atoms with Crippen LogP contribution in [0, 0.1) is 5.92 Å². The van der Waals surface area contributed by atoms with Gasteiger partial charge in [0.25, 0.3) is 11.8 Å². The van der Waals surface area contributed by atoms with E-state index in [9.17, 15) is 14.4 Å². The molecule has 3 amide bonds. The predicted octanol–water partition coefficient (Wildman–Crippen LogP) is 2.43. The number of carbonyl (C=O) groups is 3. The Morgan fingerprint density at radius 2 is 1.57 bits per heavy atom. The quantitative estimate of drug-likeness (QED) is 0.694. The fraction of sp³-hybridized carbons (Fsp3) is 0.444. The van der Waals surface area contributed by atoms with E-state index in [1.165, 1.54) is 0 Å². The average Bonchev–Trinajstić information content (AvgIpc) is 3.76. The van der Waals surface area contributed by atoms with Crippen molar-refractivity contribution >= 4 is 29.1 Å². The summed E-state index contributed by atoms with van der Waals surface area (Å²) in [6, 6.07) is 14.7. The fourth-order valence-corrected chi connectivity index (χ4v) is 4.85. The number of benzene rings is 2. The summed E-state index contributed by atoms with van der Waals surface area (Å²) in [5.41, 5.74) is 2.64. The molecule has 0 spiro atoms. The van der Waals surface area contributed by atoms with Gasteiger partial charge >= 0.3 is 0 Å². The molecule has 1 saturated carbocycles. The summed E-state index contributed by atoms with van der Waals surface area (Å²) in [5, 5.41) is 6.33. The molecule has 0 bridgehead atoms. The molecule has 35 heavy (non-hydrogen) atoms. The highest BCUT2D eigenvalue weighted by molar-refractivity contribution is 6.07. The third-order valence-electron chi connectivity index (χ3n) is 7.01. The summed E-state index contributed by atoms with van der Waals surface area (Å²) >= 11 is 0. The lowest BCUT2D eigenvalue weighted by Crippen LogP contribution is -2.46. The number of hydrogen-bond donors (Lipinski definition) is 2. The van der Waals surface area contributed by atoms with Crippen LogP contribution in [0.15, 0.2) is 48.5 Å². The van der Waals surface area contributed by atoms with E-state index in [-0.39, 0.29) is 23.6 Å². The van der Waals surface area contributed by atoms with E-state index in [1.807, 2.05) is 40.1 Å². The molecule has 3 aliphatic rings. The van der Waals surface area contributed by atoms with Gasteiger partial charge in [0.1, 0.15) is 0 Å². The van der Waals surface area contributed by atoms with Gasteiger partial charge < -0.3 is 25.3 Å². The number of nitrogens with one attached hydrogen (secondary N) is 2. The number of piperazine rings is 1. The molecule has 8 heteroatoms. The molecule has 2 aromatic rings. The Kier molecular flexibility index (Phi) is 6.99. The number of carbonyl (C=O) groups excluding carboxylic acids is 3. The van der Waals surface area contributed by atoms with Crippen molar-refractivity contribution in [2.45, 2.75) is 19.3 Å². The largest absolute Gasteiger partial charge is 0.368 e. The van der Waals surface area contributed by atoms with Gasteiger partial charge in [-0.05, 0) is 49.6 Å².